The third-order valence-electron chi connectivity index (χ3n) is 4.29. The third-order valence-corrected chi connectivity index (χ3v) is 6.23. The number of H-pyrrole nitrogens is 1. The van der Waals surface area contributed by atoms with Gasteiger partial charge in [0.15, 0.2) is 5.16 Å². The van der Waals surface area contributed by atoms with E-state index in [0.29, 0.717) is 23.0 Å². The summed E-state index contributed by atoms with van der Waals surface area (Å²) in [5.74, 6) is 0.215. The molecule has 1 aromatic heterocycles. The van der Waals surface area contributed by atoms with Crippen molar-refractivity contribution in [2.75, 3.05) is 6.54 Å². The van der Waals surface area contributed by atoms with Gasteiger partial charge in [-0.25, -0.2) is 4.98 Å². The van der Waals surface area contributed by atoms with Gasteiger partial charge in [0.2, 0.25) is 0 Å². The molecule has 0 aliphatic rings. The van der Waals surface area contributed by atoms with Crippen molar-refractivity contribution in [1.82, 2.24) is 15.3 Å². The Labute approximate surface area is 192 Å². The largest absolute Gasteiger partial charge is 0.351 e. The van der Waals surface area contributed by atoms with Gasteiger partial charge in [-0.2, -0.15) is 5.26 Å². The van der Waals surface area contributed by atoms with Gasteiger partial charge in [-0.05, 0) is 58.7 Å². The highest BCUT2D eigenvalue weighted by Gasteiger charge is 2.16. The molecular formula is C22H19IN4O2S. The molecule has 1 amide bonds. The van der Waals surface area contributed by atoms with Crippen molar-refractivity contribution in [3.8, 4) is 6.07 Å². The zero-order valence-corrected chi connectivity index (χ0v) is 19.0. The Morgan fingerprint density at radius 3 is 2.57 bits per heavy atom. The topological polar surface area (TPSA) is 98.6 Å². The first-order valence-corrected chi connectivity index (χ1v) is 11.4. The molecule has 0 atom stereocenters. The summed E-state index contributed by atoms with van der Waals surface area (Å²) in [7, 11) is 0. The van der Waals surface area contributed by atoms with Crippen molar-refractivity contribution >= 4 is 40.3 Å². The monoisotopic (exact) mass is 530 g/mol. The summed E-state index contributed by atoms with van der Waals surface area (Å²) in [6.45, 7) is 0.506. The minimum Gasteiger partial charge on any atom is -0.351 e. The number of aromatic nitrogens is 2. The van der Waals surface area contributed by atoms with Gasteiger partial charge in [0.1, 0.15) is 9.26 Å². The molecule has 8 heteroatoms. The molecule has 0 saturated carbocycles. The first-order chi connectivity index (χ1) is 14.6. The average Bonchev–Trinajstić information content (AvgIpc) is 2.78. The maximum atomic E-state index is 12.6. The number of amides is 1. The Bertz CT molecular complexity index is 1110. The molecule has 0 aliphatic carbocycles. The SMILES string of the molecule is N#Cc1ccc(CSc2nc(C(=O)NCCCc3ccccc3)c(I)c(=O)[nH]2)cc1. The molecule has 30 heavy (non-hydrogen) atoms. The van der Waals surface area contributed by atoms with Crippen LogP contribution in [0.4, 0.5) is 0 Å². The lowest BCUT2D eigenvalue weighted by Gasteiger charge is -2.08. The molecule has 0 saturated heterocycles. The number of nitriles is 1. The summed E-state index contributed by atoms with van der Waals surface area (Å²) in [5.41, 5.74) is 2.61. The van der Waals surface area contributed by atoms with Crippen LogP contribution in [0.15, 0.2) is 64.5 Å². The van der Waals surface area contributed by atoms with E-state index in [9.17, 15) is 9.59 Å². The molecule has 3 rings (SSSR count). The van der Waals surface area contributed by atoms with E-state index in [0.717, 1.165) is 18.4 Å². The quantitative estimate of drug-likeness (QED) is 0.199. The van der Waals surface area contributed by atoms with E-state index in [4.69, 9.17) is 5.26 Å². The molecule has 1 heterocycles. The number of hydrogen-bond acceptors (Lipinski definition) is 5. The van der Waals surface area contributed by atoms with Crippen LogP contribution >= 0.6 is 34.4 Å². The van der Waals surface area contributed by atoms with Crippen LogP contribution in [0.3, 0.4) is 0 Å². The van der Waals surface area contributed by atoms with E-state index >= 15 is 0 Å². The number of nitrogens with one attached hydrogen (secondary N) is 2. The summed E-state index contributed by atoms with van der Waals surface area (Å²) >= 11 is 3.18. The van der Waals surface area contributed by atoms with E-state index in [1.165, 1.54) is 17.3 Å². The molecule has 0 bridgehead atoms. The zero-order valence-electron chi connectivity index (χ0n) is 16.0. The number of carbonyl (C=O) groups excluding carboxylic acids is 1. The third kappa shape index (κ3) is 6.18. The number of aromatic amines is 1. The number of nitrogens with zero attached hydrogens (tertiary/aromatic N) is 2. The van der Waals surface area contributed by atoms with Crippen molar-refractivity contribution in [3.63, 3.8) is 0 Å². The molecule has 2 aromatic carbocycles. The Balaban J connectivity index is 1.59. The molecule has 6 nitrogen and oxygen atoms in total. The summed E-state index contributed by atoms with van der Waals surface area (Å²) < 4.78 is 0.274. The van der Waals surface area contributed by atoms with Crippen molar-refractivity contribution in [2.45, 2.75) is 23.8 Å². The van der Waals surface area contributed by atoms with Gasteiger partial charge in [0.05, 0.1) is 11.6 Å². The van der Waals surface area contributed by atoms with Crippen LogP contribution in [0.1, 0.15) is 33.6 Å². The van der Waals surface area contributed by atoms with Gasteiger partial charge in [-0.3, -0.25) is 9.59 Å². The van der Waals surface area contributed by atoms with E-state index < -0.39 is 0 Å². The number of halogens is 1. The Kier molecular flexibility index (Phi) is 8.04. The molecule has 0 aliphatic heterocycles. The second-order valence-corrected chi connectivity index (χ2v) is 8.52. The lowest BCUT2D eigenvalue weighted by atomic mass is 10.1. The van der Waals surface area contributed by atoms with Gasteiger partial charge in [0.25, 0.3) is 11.5 Å². The first-order valence-electron chi connectivity index (χ1n) is 9.30. The molecule has 0 unspecified atom stereocenters. The molecule has 3 aromatic rings. The highest BCUT2D eigenvalue weighted by molar-refractivity contribution is 14.1. The van der Waals surface area contributed by atoms with Gasteiger partial charge in [0, 0.05) is 12.3 Å². The van der Waals surface area contributed by atoms with Crippen molar-refractivity contribution in [1.29, 1.82) is 5.26 Å². The van der Waals surface area contributed by atoms with Crippen LogP contribution in [0, 0.1) is 14.9 Å². The minimum atomic E-state index is -0.348. The molecule has 0 spiro atoms. The van der Waals surface area contributed by atoms with Crippen molar-refractivity contribution in [2.24, 2.45) is 0 Å². The summed E-state index contributed by atoms with van der Waals surface area (Å²) in [6.07, 6.45) is 1.67. The van der Waals surface area contributed by atoms with Gasteiger partial charge in [-0.1, -0.05) is 54.2 Å². The predicted octanol–water partition coefficient (Wildman–Crippen LogP) is 3.90. The normalized spacial score (nSPS) is 10.4. The van der Waals surface area contributed by atoms with E-state index in [1.807, 2.05) is 52.9 Å². The van der Waals surface area contributed by atoms with Gasteiger partial charge < -0.3 is 10.3 Å². The van der Waals surface area contributed by atoms with E-state index in [2.05, 4.69) is 33.5 Å². The van der Waals surface area contributed by atoms with Crippen molar-refractivity contribution in [3.05, 3.63) is 90.9 Å². The average molecular weight is 530 g/mol. The Hall–Kier alpha value is -2.64. The second-order valence-electron chi connectivity index (χ2n) is 6.48. The van der Waals surface area contributed by atoms with Crippen LogP contribution < -0.4 is 10.9 Å². The number of thioether (sulfide) groups is 1. The maximum absolute atomic E-state index is 12.6. The smallest absolute Gasteiger partial charge is 0.271 e. The maximum Gasteiger partial charge on any atom is 0.271 e. The standard InChI is InChI=1S/C22H19IN4O2S/c23-18-19(21(29)25-12-4-7-15-5-2-1-3-6-15)26-22(27-20(18)28)30-14-17-10-8-16(13-24)9-11-17/h1-3,5-6,8-11H,4,7,12,14H2,(H,25,29)(H,26,27,28). The summed E-state index contributed by atoms with van der Waals surface area (Å²) in [4.78, 5) is 31.9. The summed E-state index contributed by atoms with van der Waals surface area (Å²) in [5, 5.41) is 12.1. The lowest BCUT2D eigenvalue weighted by Crippen LogP contribution is -2.29. The molecular weight excluding hydrogens is 511 g/mol. The molecule has 2 N–H and O–H groups in total. The fourth-order valence-corrected chi connectivity index (χ4v) is 4.02. The van der Waals surface area contributed by atoms with Crippen LogP contribution in [0.25, 0.3) is 0 Å². The molecule has 0 radical (unpaired) electrons. The number of carbonyl (C=O) groups is 1. The first kappa shape index (κ1) is 22.1. The van der Waals surface area contributed by atoms with Crippen LogP contribution in [0.5, 0.6) is 0 Å². The lowest BCUT2D eigenvalue weighted by molar-refractivity contribution is 0.0946. The van der Waals surface area contributed by atoms with Gasteiger partial charge >= 0.3 is 0 Å². The molecule has 0 fully saturated rings. The number of benzene rings is 2. The fraction of sp³-hybridized carbons (Fsp3) is 0.182. The fourth-order valence-electron chi connectivity index (χ4n) is 2.71. The number of aryl methyl sites for hydroxylation is 1. The zero-order chi connectivity index (χ0) is 21.3. The van der Waals surface area contributed by atoms with Crippen molar-refractivity contribution < 1.29 is 4.79 Å². The van der Waals surface area contributed by atoms with Gasteiger partial charge in [-0.15, -0.1) is 0 Å². The van der Waals surface area contributed by atoms with Crippen LogP contribution in [-0.4, -0.2) is 22.4 Å². The molecule has 152 valence electrons. The highest BCUT2D eigenvalue weighted by atomic mass is 127. The van der Waals surface area contributed by atoms with Crippen LogP contribution in [0.2, 0.25) is 0 Å². The summed E-state index contributed by atoms with van der Waals surface area (Å²) in [6, 6.07) is 19.4. The van der Waals surface area contributed by atoms with E-state index in [-0.39, 0.29) is 20.7 Å². The second kappa shape index (κ2) is 10.9. The Morgan fingerprint density at radius 2 is 1.87 bits per heavy atom. The van der Waals surface area contributed by atoms with Crippen LogP contribution in [-0.2, 0) is 12.2 Å². The highest BCUT2D eigenvalue weighted by Crippen LogP contribution is 2.20. The number of hydrogen-bond donors (Lipinski definition) is 2. The van der Waals surface area contributed by atoms with E-state index in [1.54, 1.807) is 12.1 Å². The Morgan fingerprint density at radius 1 is 1.13 bits per heavy atom. The predicted molar refractivity (Wildman–Crippen MR) is 125 cm³/mol. The number of rotatable bonds is 8. The minimum absolute atomic E-state index is 0.140.